The summed E-state index contributed by atoms with van der Waals surface area (Å²) in [5, 5.41) is 0. The number of fused-ring (bicyclic) bond motifs is 1. The first-order chi connectivity index (χ1) is 14.4. The second kappa shape index (κ2) is 8.86. The lowest BCUT2D eigenvalue weighted by Gasteiger charge is -2.37. The smallest absolute Gasteiger partial charge is 0.325 e. The number of carbonyl (C=O) groups is 2. The summed E-state index contributed by atoms with van der Waals surface area (Å²) < 4.78 is 32.8. The first kappa shape index (κ1) is 21.6. The zero-order valence-corrected chi connectivity index (χ0v) is 18.7. The van der Waals surface area contributed by atoms with E-state index in [0.29, 0.717) is 24.8 Å². The van der Waals surface area contributed by atoms with Crippen LogP contribution >= 0.6 is 11.8 Å². The van der Waals surface area contributed by atoms with Crippen molar-refractivity contribution in [1.29, 1.82) is 0 Å². The van der Waals surface area contributed by atoms with Crippen molar-refractivity contribution in [2.75, 3.05) is 50.5 Å². The number of carbonyl (C=O) groups excluding carboxylic acids is 2. The van der Waals surface area contributed by atoms with Crippen LogP contribution in [0.15, 0.2) is 28.0 Å². The average molecular weight is 454 g/mol. The fraction of sp³-hybridized carbons (Fsp3) is 0.600. The Labute approximate surface area is 181 Å². The van der Waals surface area contributed by atoms with Crippen LogP contribution in [-0.4, -0.2) is 81.1 Å². The van der Waals surface area contributed by atoms with Crippen LogP contribution in [0.5, 0.6) is 0 Å². The zero-order chi connectivity index (χ0) is 21.3. The Balaban J connectivity index is 1.53. The maximum absolute atomic E-state index is 13.3. The van der Waals surface area contributed by atoms with Crippen LogP contribution in [-0.2, 0) is 24.3 Å². The lowest BCUT2D eigenvalue weighted by Crippen LogP contribution is -2.51. The van der Waals surface area contributed by atoms with Crippen LogP contribution < -0.4 is 4.90 Å². The number of anilines is 1. The molecule has 0 atom stereocenters. The molecule has 30 heavy (non-hydrogen) atoms. The van der Waals surface area contributed by atoms with E-state index in [1.165, 1.54) is 59.8 Å². The molecule has 1 amide bonds. The van der Waals surface area contributed by atoms with Gasteiger partial charge < -0.3 is 4.74 Å². The van der Waals surface area contributed by atoms with Gasteiger partial charge in [0.15, 0.2) is 0 Å². The highest BCUT2D eigenvalue weighted by molar-refractivity contribution is 8.00. The molecule has 0 N–H and O–H groups in total. The summed E-state index contributed by atoms with van der Waals surface area (Å²) in [6.45, 7) is 2.20. The molecule has 1 saturated carbocycles. The van der Waals surface area contributed by atoms with Crippen molar-refractivity contribution in [3.8, 4) is 0 Å². The van der Waals surface area contributed by atoms with Crippen molar-refractivity contribution in [3.05, 3.63) is 18.2 Å². The van der Waals surface area contributed by atoms with Gasteiger partial charge in [0, 0.05) is 37.1 Å². The summed E-state index contributed by atoms with van der Waals surface area (Å²) >= 11 is 1.35. The highest BCUT2D eigenvalue weighted by Gasteiger charge is 2.34. The van der Waals surface area contributed by atoms with Gasteiger partial charge in [0.25, 0.3) is 0 Å². The third-order valence-electron chi connectivity index (χ3n) is 6.14. The van der Waals surface area contributed by atoms with Crippen molar-refractivity contribution in [2.24, 2.45) is 0 Å². The standard InChI is InChI=1S/C20H27N3O5S2/c1-28-20(25)13-23-17-12-16(6-7-18(17)29-14-19(23)24)30(26,27)22-10-8-21(9-11-22)15-4-2-3-5-15/h6-7,12,15H,2-5,8-11,13-14H2,1H3. The highest BCUT2D eigenvalue weighted by atomic mass is 32.2. The van der Waals surface area contributed by atoms with E-state index >= 15 is 0 Å². The number of thioether (sulfide) groups is 1. The normalized spacial score (nSPS) is 21.6. The zero-order valence-electron chi connectivity index (χ0n) is 17.1. The average Bonchev–Trinajstić information content (AvgIpc) is 3.30. The minimum absolute atomic E-state index is 0.153. The van der Waals surface area contributed by atoms with Crippen molar-refractivity contribution in [3.63, 3.8) is 0 Å². The molecule has 0 radical (unpaired) electrons. The Morgan fingerprint density at radius 2 is 1.87 bits per heavy atom. The number of amides is 1. The number of sulfonamides is 1. The van der Waals surface area contributed by atoms with Crippen LogP contribution in [0.3, 0.4) is 0 Å². The third kappa shape index (κ3) is 4.23. The SMILES string of the molecule is COC(=O)CN1C(=O)CSc2ccc(S(=O)(=O)N3CCN(C4CCCC4)CC3)cc21. The Morgan fingerprint density at radius 1 is 1.17 bits per heavy atom. The number of methoxy groups -OCH3 is 1. The fourth-order valence-electron chi connectivity index (χ4n) is 4.44. The van der Waals surface area contributed by atoms with Gasteiger partial charge in [-0.25, -0.2) is 8.42 Å². The second-order valence-electron chi connectivity index (χ2n) is 7.85. The maximum atomic E-state index is 13.3. The lowest BCUT2D eigenvalue weighted by molar-refractivity contribution is -0.139. The minimum Gasteiger partial charge on any atom is -0.468 e. The van der Waals surface area contributed by atoms with E-state index in [0.717, 1.165) is 18.0 Å². The molecule has 4 rings (SSSR count). The maximum Gasteiger partial charge on any atom is 0.325 e. The molecule has 0 unspecified atom stereocenters. The van der Waals surface area contributed by atoms with E-state index < -0.39 is 16.0 Å². The van der Waals surface area contributed by atoms with Gasteiger partial charge in [0.2, 0.25) is 15.9 Å². The molecule has 10 heteroatoms. The molecule has 1 saturated heterocycles. The van der Waals surface area contributed by atoms with E-state index in [2.05, 4.69) is 4.90 Å². The quantitative estimate of drug-likeness (QED) is 0.625. The fourth-order valence-corrected chi connectivity index (χ4v) is 6.80. The number of hydrogen-bond acceptors (Lipinski definition) is 7. The number of nitrogens with zero attached hydrogens (tertiary/aromatic N) is 3. The van der Waals surface area contributed by atoms with E-state index in [1.54, 1.807) is 12.1 Å². The summed E-state index contributed by atoms with van der Waals surface area (Å²) in [6, 6.07) is 5.42. The van der Waals surface area contributed by atoms with Gasteiger partial charge in [-0.05, 0) is 31.0 Å². The molecule has 8 nitrogen and oxygen atoms in total. The largest absolute Gasteiger partial charge is 0.468 e. The predicted octanol–water partition coefficient (Wildman–Crippen LogP) is 1.55. The van der Waals surface area contributed by atoms with E-state index in [1.807, 2.05) is 0 Å². The number of piperazine rings is 1. The van der Waals surface area contributed by atoms with Crippen molar-refractivity contribution < 1.29 is 22.7 Å². The number of ether oxygens (including phenoxy) is 1. The van der Waals surface area contributed by atoms with E-state index in [9.17, 15) is 18.0 Å². The molecule has 1 aromatic carbocycles. The van der Waals surface area contributed by atoms with Gasteiger partial charge in [-0.2, -0.15) is 4.31 Å². The van der Waals surface area contributed by atoms with Crippen LogP contribution in [0.2, 0.25) is 0 Å². The summed E-state index contributed by atoms with van der Waals surface area (Å²) in [7, 11) is -2.41. The van der Waals surface area contributed by atoms with E-state index in [4.69, 9.17) is 4.74 Å². The summed E-state index contributed by atoms with van der Waals surface area (Å²) in [5.41, 5.74) is 0.451. The molecule has 2 aliphatic heterocycles. The number of benzene rings is 1. The number of hydrogen-bond donors (Lipinski definition) is 0. The molecule has 0 spiro atoms. The Hall–Kier alpha value is -1.62. The van der Waals surface area contributed by atoms with Gasteiger partial charge in [0.1, 0.15) is 6.54 Å². The number of rotatable bonds is 5. The molecule has 2 fully saturated rings. The molecule has 3 aliphatic rings. The molecule has 0 bridgehead atoms. The van der Waals surface area contributed by atoms with Crippen LogP contribution in [0.4, 0.5) is 5.69 Å². The van der Waals surface area contributed by atoms with Gasteiger partial charge in [-0.3, -0.25) is 19.4 Å². The molecule has 1 aromatic rings. The van der Waals surface area contributed by atoms with Gasteiger partial charge in [0.05, 0.1) is 23.4 Å². The Morgan fingerprint density at radius 3 is 2.53 bits per heavy atom. The topological polar surface area (TPSA) is 87.2 Å². The molecule has 1 aliphatic carbocycles. The molecular weight excluding hydrogens is 426 g/mol. The second-order valence-corrected chi connectivity index (χ2v) is 10.8. The molecule has 2 heterocycles. The van der Waals surface area contributed by atoms with Gasteiger partial charge in [-0.1, -0.05) is 12.8 Å². The van der Waals surface area contributed by atoms with Gasteiger partial charge in [-0.15, -0.1) is 11.8 Å². The first-order valence-corrected chi connectivity index (χ1v) is 12.7. The number of esters is 1. The third-order valence-corrected chi connectivity index (χ3v) is 9.08. The Bertz CT molecular complexity index is 922. The monoisotopic (exact) mass is 453 g/mol. The first-order valence-electron chi connectivity index (χ1n) is 10.3. The predicted molar refractivity (Wildman–Crippen MR) is 114 cm³/mol. The van der Waals surface area contributed by atoms with Crippen LogP contribution in [0.1, 0.15) is 25.7 Å². The minimum atomic E-state index is -3.67. The van der Waals surface area contributed by atoms with E-state index in [-0.39, 0.29) is 23.1 Å². The summed E-state index contributed by atoms with van der Waals surface area (Å²) in [5.74, 6) is -0.575. The molecule has 0 aromatic heterocycles. The highest BCUT2D eigenvalue weighted by Crippen LogP contribution is 2.37. The van der Waals surface area contributed by atoms with Crippen molar-refractivity contribution in [1.82, 2.24) is 9.21 Å². The lowest BCUT2D eigenvalue weighted by atomic mass is 10.2. The van der Waals surface area contributed by atoms with Crippen molar-refractivity contribution >= 4 is 39.3 Å². The van der Waals surface area contributed by atoms with Gasteiger partial charge >= 0.3 is 5.97 Å². The Kier molecular flexibility index (Phi) is 6.38. The summed E-state index contributed by atoms with van der Waals surface area (Å²) in [6.07, 6.45) is 4.94. The summed E-state index contributed by atoms with van der Waals surface area (Å²) in [4.78, 5) is 28.8. The molecular formula is C20H27N3O5S2. The van der Waals surface area contributed by atoms with Crippen molar-refractivity contribution in [2.45, 2.75) is 41.5 Å². The molecule has 164 valence electrons. The van der Waals surface area contributed by atoms with Crippen LogP contribution in [0, 0.1) is 0 Å². The van der Waals surface area contributed by atoms with Crippen LogP contribution in [0.25, 0.3) is 0 Å².